The molecule has 4 atom stereocenters. The van der Waals surface area contributed by atoms with Crippen molar-refractivity contribution in [2.75, 3.05) is 41.3 Å². The number of Topliss-reactive ketones (excluding diaryl/α,β-unsaturated/α-hetero) is 1. The molecule has 0 saturated heterocycles. The van der Waals surface area contributed by atoms with Gasteiger partial charge >= 0.3 is 32.4 Å². The van der Waals surface area contributed by atoms with E-state index in [0.717, 1.165) is 30.3 Å². The van der Waals surface area contributed by atoms with E-state index in [2.05, 4.69) is 50.3 Å². The molecule has 57 heavy (non-hydrogen) atoms. The molecule has 3 aromatic heterocycles. The van der Waals surface area contributed by atoms with E-state index in [1.165, 1.54) is 7.11 Å². The number of hydrogen-bond acceptors (Lipinski definition) is 8. The van der Waals surface area contributed by atoms with Gasteiger partial charge in [-0.05, 0) is 62.9 Å². The van der Waals surface area contributed by atoms with E-state index >= 15 is 0 Å². The van der Waals surface area contributed by atoms with Crippen LogP contribution in [0.5, 0.6) is 0 Å². The number of methoxy groups -OCH3 is 1. The Kier molecular flexibility index (Phi) is 15.7. The quantitative estimate of drug-likeness (QED) is 0.0619. The molecule has 0 radical (unpaired) electrons. The number of likely N-dealkylation sites (N-methyl/N-ethyl adjacent to an activating group) is 1. The number of aromatic nitrogens is 4. The van der Waals surface area contributed by atoms with Crippen LogP contribution in [0.4, 0.5) is 0 Å². The van der Waals surface area contributed by atoms with Gasteiger partial charge in [0.05, 0.1) is 70.1 Å². The number of nitrogens with one attached hydrogen (secondary N) is 3. The summed E-state index contributed by atoms with van der Waals surface area (Å²) in [5, 5.41) is 20.3. The Labute approximate surface area is 347 Å². The average Bonchev–Trinajstić information content (AvgIpc) is 3.78. The molecular weight excluding hydrogens is 823 g/mol. The first kappa shape index (κ1) is 46.7. The zero-order valence-corrected chi connectivity index (χ0v) is 36.3. The van der Waals surface area contributed by atoms with E-state index < -0.39 is 23.8 Å². The number of aromatic amines is 2. The second kappa shape index (κ2) is 19.2. The van der Waals surface area contributed by atoms with Crippen LogP contribution in [0.2, 0.25) is 0 Å². The summed E-state index contributed by atoms with van der Waals surface area (Å²) in [6, 6.07) is 5.87. The summed E-state index contributed by atoms with van der Waals surface area (Å²) >= 11 is 0. The normalized spacial score (nSPS) is 17.5. The number of nitrogens with zero attached hydrogens (tertiary/aromatic N) is 3. The first-order chi connectivity index (χ1) is 26.2. The standard InChI is InChI=1S/C40H52N6O6.C2H4O2.Pd/c1-11-25-20(2)28-19-33-36(24(6)47)22(4)30(43-33)17-29-21(3)26(12-13-34(48)49)38(44-29)27(16-35(50)52-10)39-37(40(51)41-14-15-46(7,8)9)23(5)31(45-39)18-32(25)42-28;1-2(3)4;/h17-21,25-26H,11-16H2,1-10H3,(H3-,41,42,43,44,45,47,48,49,51);1H3,(H,3,4);/q;;+2/p+1/t20-,21+,25-,26+;;/m1../s1. The van der Waals surface area contributed by atoms with Gasteiger partial charge in [-0.25, -0.2) is 0 Å². The third-order valence-corrected chi connectivity index (χ3v) is 10.8. The maximum Gasteiger partial charge on any atom is 2.00 e. The summed E-state index contributed by atoms with van der Waals surface area (Å²) in [6.07, 6.45) is 0.769. The number of aryl methyl sites for hydroxylation is 2. The molecule has 3 aromatic rings. The number of esters is 1. The van der Waals surface area contributed by atoms with E-state index in [0.29, 0.717) is 73.3 Å². The van der Waals surface area contributed by atoms with Crippen molar-refractivity contribution in [2.45, 2.75) is 97.8 Å². The first-order valence-corrected chi connectivity index (χ1v) is 19.0. The molecule has 0 aliphatic carbocycles. The fourth-order valence-electron chi connectivity index (χ4n) is 7.72. The summed E-state index contributed by atoms with van der Waals surface area (Å²) in [4.78, 5) is 78.6. The summed E-state index contributed by atoms with van der Waals surface area (Å²) < 4.78 is 5.84. The Morgan fingerprint density at radius 3 is 1.95 bits per heavy atom. The molecule has 0 fully saturated rings. The zero-order chi connectivity index (χ0) is 41.8. The van der Waals surface area contributed by atoms with E-state index in [1.807, 2.05) is 39.0 Å². The van der Waals surface area contributed by atoms with Gasteiger partial charge in [-0.2, -0.15) is 0 Å². The minimum atomic E-state index is -0.943. The van der Waals surface area contributed by atoms with E-state index in [1.54, 1.807) is 6.92 Å². The van der Waals surface area contributed by atoms with Crippen LogP contribution in [-0.4, -0.2) is 106 Å². The van der Waals surface area contributed by atoms with Crippen molar-refractivity contribution >= 4 is 51.7 Å². The van der Waals surface area contributed by atoms with Crippen LogP contribution in [-0.2, 0) is 46.0 Å². The molecule has 2 aliphatic heterocycles. The Hall–Kier alpha value is -4.71. The van der Waals surface area contributed by atoms with Crippen LogP contribution >= 0.6 is 0 Å². The Balaban J connectivity index is 0.00000166. The molecule has 2 aliphatic rings. The molecule has 8 bridgehead atoms. The van der Waals surface area contributed by atoms with Crippen LogP contribution in [0.1, 0.15) is 138 Å². The fourth-order valence-corrected chi connectivity index (χ4v) is 7.72. The molecule has 1 amide bonds. The monoisotopic (exact) mass is 879 g/mol. The molecule has 310 valence electrons. The number of ketones is 1. The molecule has 5 rings (SSSR count). The van der Waals surface area contributed by atoms with Gasteiger partial charge in [-0.15, -0.1) is 0 Å². The number of carboxylic acids is 2. The average molecular weight is 880 g/mol. The van der Waals surface area contributed by atoms with Crippen LogP contribution in [0, 0.1) is 13.8 Å². The van der Waals surface area contributed by atoms with E-state index in [-0.39, 0.29) is 69.1 Å². The summed E-state index contributed by atoms with van der Waals surface area (Å²) in [5.41, 5.74) is 8.33. The van der Waals surface area contributed by atoms with Gasteiger partial charge in [0.15, 0.2) is 5.78 Å². The smallest absolute Gasteiger partial charge is 0.481 e. The number of rotatable bonds is 11. The molecule has 15 heteroatoms. The Morgan fingerprint density at radius 1 is 0.842 bits per heavy atom. The number of carbonyl (C=O) groups is 5. The topological polar surface area (TPSA) is 204 Å². The third-order valence-electron chi connectivity index (χ3n) is 10.8. The SMILES string of the molecule is CC(=O)O.CC[C@H]1c2cc3[nH]c(c(CC(=O)OC)c4nc(cc5[nH]c(cc(n2)[C@@H]1C)c(C(C)=O)c5C)[C@@H](C)[C@@H]4CCC(=O)O)c(C(=O)NCC[N+](C)(C)C)c3C.[Pd+2]. The molecule has 14 nitrogen and oxygen atoms in total. The predicted octanol–water partition coefficient (Wildman–Crippen LogP) is 6.42. The number of carbonyl (C=O) groups excluding carboxylic acids is 3. The van der Waals surface area contributed by atoms with Crippen molar-refractivity contribution in [1.82, 2.24) is 25.3 Å². The summed E-state index contributed by atoms with van der Waals surface area (Å²) in [6.45, 7) is 13.8. The van der Waals surface area contributed by atoms with Crippen LogP contribution in [0.3, 0.4) is 0 Å². The predicted molar refractivity (Wildman–Crippen MR) is 214 cm³/mol. The van der Waals surface area contributed by atoms with Crippen molar-refractivity contribution in [1.29, 1.82) is 0 Å². The molecule has 5 heterocycles. The minimum absolute atomic E-state index is 0. The Bertz CT molecular complexity index is 2200. The number of quaternary nitrogens is 1. The fraction of sp³-hybridized carbons (Fsp3) is 0.500. The van der Waals surface area contributed by atoms with Crippen molar-refractivity contribution in [3.8, 4) is 0 Å². The minimum Gasteiger partial charge on any atom is -0.481 e. The van der Waals surface area contributed by atoms with Gasteiger partial charge in [0, 0.05) is 76.3 Å². The van der Waals surface area contributed by atoms with Crippen LogP contribution in [0.25, 0.3) is 22.1 Å². The maximum atomic E-state index is 14.2. The molecule has 5 N–H and O–H groups in total. The number of amides is 1. The van der Waals surface area contributed by atoms with Gasteiger partial charge in [0.25, 0.3) is 11.9 Å². The zero-order valence-electron chi connectivity index (χ0n) is 34.8. The maximum absolute atomic E-state index is 14.2. The summed E-state index contributed by atoms with van der Waals surface area (Å²) in [7, 11) is 7.48. The molecular formula is C42H57N6O8Pd+3. The van der Waals surface area contributed by atoms with E-state index in [9.17, 15) is 24.3 Å². The first-order valence-electron chi connectivity index (χ1n) is 19.0. The molecule has 0 spiro atoms. The van der Waals surface area contributed by atoms with Gasteiger partial charge in [0.2, 0.25) is 0 Å². The van der Waals surface area contributed by atoms with Gasteiger partial charge < -0.3 is 34.7 Å². The van der Waals surface area contributed by atoms with Crippen LogP contribution < -0.4 is 5.32 Å². The number of aliphatic carboxylic acids is 2. The number of ether oxygens (including phenoxy) is 1. The van der Waals surface area contributed by atoms with E-state index in [4.69, 9.17) is 24.6 Å². The van der Waals surface area contributed by atoms with Crippen molar-refractivity contribution in [3.05, 3.63) is 68.8 Å². The number of fused-ring (bicyclic) bond motifs is 8. The second-order valence-electron chi connectivity index (χ2n) is 15.9. The molecule has 0 unspecified atom stereocenters. The molecule has 0 saturated carbocycles. The molecule has 0 aromatic carbocycles. The number of carboxylic acid groups (broad SMARTS) is 2. The summed E-state index contributed by atoms with van der Waals surface area (Å²) in [5.74, 6) is -3.17. The second-order valence-corrected chi connectivity index (χ2v) is 15.9. The number of hydrogen-bond donors (Lipinski definition) is 5. The van der Waals surface area contributed by atoms with Gasteiger partial charge in [0.1, 0.15) is 0 Å². The third kappa shape index (κ3) is 10.8. The largest absolute Gasteiger partial charge is 2.00 e. The Morgan fingerprint density at radius 2 is 1.39 bits per heavy atom. The van der Waals surface area contributed by atoms with Crippen molar-refractivity contribution in [2.24, 2.45) is 0 Å². The number of H-pyrrole nitrogens is 2. The van der Waals surface area contributed by atoms with Gasteiger partial charge in [-0.3, -0.25) is 33.9 Å². The van der Waals surface area contributed by atoms with Crippen molar-refractivity contribution in [3.63, 3.8) is 0 Å². The van der Waals surface area contributed by atoms with Crippen molar-refractivity contribution < 1.29 is 63.8 Å². The van der Waals surface area contributed by atoms with Gasteiger partial charge in [-0.1, -0.05) is 20.8 Å². The van der Waals surface area contributed by atoms with Crippen LogP contribution in [0.15, 0.2) is 18.2 Å².